The van der Waals surface area contributed by atoms with E-state index >= 15 is 0 Å². The van der Waals surface area contributed by atoms with Crippen LogP contribution < -0.4 is 5.32 Å². The summed E-state index contributed by atoms with van der Waals surface area (Å²) in [6, 6.07) is 1.63. The molecule has 0 spiro atoms. The van der Waals surface area contributed by atoms with Crippen molar-refractivity contribution in [2.45, 2.75) is 13.0 Å². The van der Waals surface area contributed by atoms with Gasteiger partial charge in [0, 0.05) is 19.2 Å². The van der Waals surface area contributed by atoms with Crippen molar-refractivity contribution in [3.05, 3.63) is 35.4 Å². The van der Waals surface area contributed by atoms with Crippen molar-refractivity contribution in [2.24, 2.45) is 0 Å². The Morgan fingerprint density at radius 2 is 1.90 bits per heavy atom. The van der Waals surface area contributed by atoms with Gasteiger partial charge in [0.1, 0.15) is 11.6 Å². The molecule has 1 aliphatic rings. The molecule has 8 heteroatoms. The van der Waals surface area contributed by atoms with Crippen LogP contribution in [0.5, 0.6) is 0 Å². The van der Waals surface area contributed by atoms with Crippen LogP contribution in [0.15, 0.2) is 18.2 Å². The summed E-state index contributed by atoms with van der Waals surface area (Å²) in [5, 5.41) is 2.43. The van der Waals surface area contributed by atoms with Crippen molar-refractivity contribution in [2.75, 3.05) is 13.1 Å². The lowest BCUT2D eigenvalue weighted by molar-refractivity contribution is -0.136. The quantitative estimate of drug-likeness (QED) is 0.847. The Morgan fingerprint density at radius 3 is 2.43 bits per heavy atom. The van der Waals surface area contributed by atoms with E-state index in [2.05, 4.69) is 5.32 Å². The summed E-state index contributed by atoms with van der Waals surface area (Å²) in [6.07, 6.45) is -1.24. The van der Waals surface area contributed by atoms with Crippen LogP contribution in [0, 0.1) is 11.6 Å². The molecule has 1 aromatic rings. The number of halogens is 2. The molecule has 0 aliphatic carbocycles. The highest BCUT2D eigenvalue weighted by Gasteiger charge is 2.31. The molecule has 1 unspecified atom stereocenters. The molecule has 1 fully saturated rings. The predicted molar refractivity (Wildman–Crippen MR) is 66.3 cm³/mol. The van der Waals surface area contributed by atoms with Gasteiger partial charge in [-0.15, -0.1) is 0 Å². The maximum atomic E-state index is 13.0. The van der Waals surface area contributed by atoms with Gasteiger partial charge in [-0.25, -0.2) is 18.4 Å². The van der Waals surface area contributed by atoms with Crippen LogP contribution in [-0.2, 0) is 9.53 Å². The van der Waals surface area contributed by atoms with Gasteiger partial charge in [-0.3, -0.25) is 9.69 Å². The minimum Gasteiger partial charge on any atom is -0.449 e. The van der Waals surface area contributed by atoms with Gasteiger partial charge in [0.05, 0.1) is 5.56 Å². The van der Waals surface area contributed by atoms with Gasteiger partial charge in [-0.2, -0.15) is 0 Å². The average Bonchev–Trinajstić information content (AvgIpc) is 2.82. The topological polar surface area (TPSA) is 75.7 Å². The third kappa shape index (κ3) is 3.33. The number of urea groups is 1. The highest BCUT2D eigenvalue weighted by atomic mass is 19.1. The van der Waals surface area contributed by atoms with Crippen LogP contribution >= 0.6 is 0 Å². The number of benzene rings is 1. The second-order valence-electron chi connectivity index (χ2n) is 4.43. The molecule has 2 rings (SSSR count). The van der Waals surface area contributed by atoms with E-state index in [1.54, 1.807) is 0 Å². The van der Waals surface area contributed by atoms with Gasteiger partial charge in [-0.1, -0.05) is 0 Å². The number of nitrogens with zero attached hydrogens (tertiary/aromatic N) is 1. The molecule has 3 amide bonds. The van der Waals surface area contributed by atoms with Crippen LogP contribution in [-0.4, -0.2) is 42.0 Å². The highest BCUT2D eigenvalue weighted by molar-refractivity contribution is 5.99. The number of ether oxygens (including phenoxy) is 1. The standard InChI is InChI=1S/C13H12F2N2O4/c1-7(11(18)17-3-2-16-13(17)20)21-12(19)8-4-9(14)6-10(15)5-8/h4-7H,2-3H2,1H3,(H,16,20). The van der Waals surface area contributed by atoms with Crippen molar-refractivity contribution in [3.63, 3.8) is 0 Å². The van der Waals surface area contributed by atoms with E-state index in [1.807, 2.05) is 0 Å². The SMILES string of the molecule is CC(OC(=O)c1cc(F)cc(F)c1)C(=O)N1CCNC1=O. The Hall–Kier alpha value is -2.51. The molecule has 0 aromatic heterocycles. The molecule has 1 aromatic carbocycles. The zero-order valence-electron chi connectivity index (χ0n) is 11.1. The van der Waals surface area contributed by atoms with Crippen molar-refractivity contribution >= 4 is 17.9 Å². The normalized spacial score (nSPS) is 15.6. The number of nitrogens with one attached hydrogen (secondary N) is 1. The summed E-state index contributed by atoms with van der Waals surface area (Å²) in [4.78, 5) is 35.9. The minimum atomic E-state index is -1.24. The molecule has 112 valence electrons. The van der Waals surface area contributed by atoms with Crippen LogP contribution in [0.4, 0.5) is 13.6 Å². The van der Waals surface area contributed by atoms with Gasteiger partial charge in [0.2, 0.25) is 0 Å². The van der Waals surface area contributed by atoms with E-state index in [9.17, 15) is 23.2 Å². The van der Waals surface area contributed by atoms with Crippen molar-refractivity contribution < 1.29 is 27.9 Å². The summed E-state index contributed by atoms with van der Waals surface area (Å²) >= 11 is 0. The van der Waals surface area contributed by atoms with Gasteiger partial charge in [0.15, 0.2) is 6.10 Å². The fourth-order valence-corrected chi connectivity index (χ4v) is 1.85. The third-order valence-corrected chi connectivity index (χ3v) is 2.85. The smallest absolute Gasteiger partial charge is 0.339 e. The van der Waals surface area contributed by atoms with Gasteiger partial charge in [-0.05, 0) is 19.1 Å². The Labute approximate surface area is 118 Å². The van der Waals surface area contributed by atoms with Crippen LogP contribution in [0.25, 0.3) is 0 Å². The molecule has 1 saturated heterocycles. The molecule has 1 heterocycles. The number of imide groups is 1. The van der Waals surface area contributed by atoms with Crippen LogP contribution in [0.3, 0.4) is 0 Å². The van der Waals surface area contributed by atoms with E-state index in [0.29, 0.717) is 12.6 Å². The Morgan fingerprint density at radius 1 is 1.29 bits per heavy atom. The summed E-state index contributed by atoms with van der Waals surface area (Å²) in [5.41, 5.74) is -0.349. The lowest BCUT2D eigenvalue weighted by Gasteiger charge is -2.18. The van der Waals surface area contributed by atoms with E-state index in [4.69, 9.17) is 4.74 Å². The maximum absolute atomic E-state index is 13.0. The molecule has 0 bridgehead atoms. The van der Waals surface area contributed by atoms with E-state index < -0.39 is 35.6 Å². The van der Waals surface area contributed by atoms with Crippen molar-refractivity contribution in [1.82, 2.24) is 10.2 Å². The zero-order valence-corrected chi connectivity index (χ0v) is 11.1. The number of rotatable bonds is 3. The molecule has 0 saturated carbocycles. The van der Waals surface area contributed by atoms with Gasteiger partial charge >= 0.3 is 12.0 Å². The first-order chi connectivity index (χ1) is 9.88. The van der Waals surface area contributed by atoms with Crippen LogP contribution in [0.1, 0.15) is 17.3 Å². The van der Waals surface area contributed by atoms with Gasteiger partial charge in [0.25, 0.3) is 5.91 Å². The number of carbonyl (C=O) groups is 3. The first-order valence-corrected chi connectivity index (χ1v) is 6.15. The molecule has 21 heavy (non-hydrogen) atoms. The van der Waals surface area contributed by atoms with E-state index in [0.717, 1.165) is 17.0 Å². The number of amides is 3. The molecule has 6 nitrogen and oxygen atoms in total. The second kappa shape index (κ2) is 5.86. The molecule has 1 aliphatic heterocycles. The van der Waals surface area contributed by atoms with Crippen molar-refractivity contribution in [3.8, 4) is 0 Å². The Kier molecular flexibility index (Phi) is 4.15. The lowest BCUT2D eigenvalue weighted by Crippen LogP contribution is -2.41. The fraction of sp³-hybridized carbons (Fsp3) is 0.308. The maximum Gasteiger partial charge on any atom is 0.339 e. The Balaban J connectivity index is 2.04. The van der Waals surface area contributed by atoms with E-state index in [1.165, 1.54) is 6.92 Å². The zero-order chi connectivity index (χ0) is 15.6. The molecule has 1 N–H and O–H groups in total. The van der Waals surface area contributed by atoms with Crippen molar-refractivity contribution in [1.29, 1.82) is 0 Å². The second-order valence-corrected chi connectivity index (χ2v) is 4.43. The summed E-state index contributed by atoms with van der Waals surface area (Å²) in [7, 11) is 0. The largest absolute Gasteiger partial charge is 0.449 e. The summed E-state index contributed by atoms with van der Waals surface area (Å²) in [5.74, 6) is -3.61. The lowest BCUT2D eigenvalue weighted by atomic mass is 10.2. The number of hydrogen-bond donors (Lipinski definition) is 1. The number of hydrogen-bond acceptors (Lipinski definition) is 4. The highest BCUT2D eigenvalue weighted by Crippen LogP contribution is 2.11. The average molecular weight is 298 g/mol. The number of carbonyl (C=O) groups excluding carboxylic acids is 3. The molecule has 1 atom stereocenters. The molecule has 0 radical (unpaired) electrons. The summed E-state index contributed by atoms with van der Waals surface area (Å²) < 4.78 is 30.8. The Bertz CT molecular complexity index is 586. The third-order valence-electron chi connectivity index (χ3n) is 2.85. The predicted octanol–water partition coefficient (Wildman–Crippen LogP) is 1.06. The van der Waals surface area contributed by atoms with Crippen LogP contribution in [0.2, 0.25) is 0 Å². The molecular weight excluding hydrogens is 286 g/mol. The summed E-state index contributed by atoms with van der Waals surface area (Å²) in [6.45, 7) is 1.77. The monoisotopic (exact) mass is 298 g/mol. The van der Waals surface area contributed by atoms with Gasteiger partial charge < -0.3 is 10.1 Å². The fourth-order valence-electron chi connectivity index (χ4n) is 1.85. The minimum absolute atomic E-state index is 0.175. The van der Waals surface area contributed by atoms with E-state index in [-0.39, 0.29) is 12.1 Å². The number of esters is 1. The molecular formula is C13H12F2N2O4. The first kappa shape index (κ1) is 14.9. The first-order valence-electron chi connectivity index (χ1n) is 6.15.